The van der Waals surface area contributed by atoms with Crippen molar-refractivity contribution in [3.05, 3.63) is 47.8 Å². The van der Waals surface area contributed by atoms with Gasteiger partial charge in [-0.15, -0.1) is 0 Å². The largest absolute Gasteiger partial charge is 0.371 e. The third kappa shape index (κ3) is 4.26. The zero-order valence-corrected chi connectivity index (χ0v) is 17.0. The Morgan fingerprint density at radius 3 is 2.75 bits per heavy atom. The third-order valence-corrected chi connectivity index (χ3v) is 5.87. The van der Waals surface area contributed by atoms with Crippen molar-refractivity contribution in [2.24, 2.45) is 11.1 Å². The number of aromatic nitrogens is 2. The lowest BCUT2D eigenvalue weighted by atomic mass is 9.96. The van der Waals surface area contributed by atoms with Gasteiger partial charge in [0.25, 0.3) is 0 Å². The van der Waals surface area contributed by atoms with Crippen LogP contribution in [0.5, 0.6) is 0 Å². The number of amides is 1. The normalized spacial score (nSPS) is 21.0. The van der Waals surface area contributed by atoms with Crippen LogP contribution in [-0.2, 0) is 19.6 Å². The number of ether oxygens (including phenoxy) is 1. The maximum absolute atomic E-state index is 12.9. The summed E-state index contributed by atoms with van der Waals surface area (Å²) in [6.07, 6.45) is 1.98. The van der Waals surface area contributed by atoms with Crippen molar-refractivity contribution in [2.75, 3.05) is 6.61 Å². The number of carbonyl (C=O) groups is 1. The smallest absolute Gasteiger partial charge is 0.238 e. The summed E-state index contributed by atoms with van der Waals surface area (Å²) in [5.41, 5.74) is 1.55. The first-order chi connectivity index (χ1) is 13.2. The third-order valence-electron chi connectivity index (χ3n) is 4.96. The Morgan fingerprint density at radius 1 is 1.32 bits per heavy atom. The van der Waals surface area contributed by atoms with Gasteiger partial charge in [-0.3, -0.25) is 9.48 Å². The van der Waals surface area contributed by atoms with E-state index in [-0.39, 0.29) is 34.9 Å². The summed E-state index contributed by atoms with van der Waals surface area (Å²) in [5, 5.41) is 12.5. The highest BCUT2D eigenvalue weighted by Crippen LogP contribution is 2.36. The van der Waals surface area contributed by atoms with Crippen LogP contribution in [0.3, 0.4) is 0 Å². The molecule has 8 nitrogen and oxygen atoms in total. The topological polar surface area (TPSA) is 116 Å². The minimum Gasteiger partial charge on any atom is -0.371 e. The number of carbonyl (C=O) groups excluding carboxylic acids is 1. The van der Waals surface area contributed by atoms with Gasteiger partial charge in [-0.2, -0.15) is 5.10 Å². The van der Waals surface area contributed by atoms with Crippen LogP contribution in [0.25, 0.3) is 0 Å². The van der Waals surface area contributed by atoms with Gasteiger partial charge in [-0.25, -0.2) is 13.6 Å². The second kappa shape index (κ2) is 8.02. The van der Waals surface area contributed by atoms with Crippen molar-refractivity contribution in [1.29, 1.82) is 0 Å². The molecular formula is C19H26N4O4S. The molecule has 0 saturated carbocycles. The summed E-state index contributed by atoms with van der Waals surface area (Å²) in [5.74, 6) is -0.467. The Labute approximate surface area is 165 Å². The van der Waals surface area contributed by atoms with Crippen molar-refractivity contribution in [3.63, 3.8) is 0 Å². The predicted octanol–water partition coefficient (Wildman–Crippen LogP) is 2.07. The molecule has 1 aliphatic rings. The first kappa shape index (κ1) is 20.5. The Bertz CT molecular complexity index is 954. The van der Waals surface area contributed by atoms with Gasteiger partial charge in [0, 0.05) is 18.8 Å². The van der Waals surface area contributed by atoms with E-state index in [1.54, 1.807) is 18.3 Å². The molecule has 2 aromatic rings. The highest BCUT2D eigenvalue weighted by Gasteiger charge is 2.37. The van der Waals surface area contributed by atoms with E-state index in [0.717, 1.165) is 5.69 Å². The lowest BCUT2D eigenvalue weighted by Gasteiger charge is -2.23. The number of nitrogens with one attached hydrogen (secondary N) is 1. The van der Waals surface area contributed by atoms with Gasteiger partial charge in [0.15, 0.2) is 0 Å². The summed E-state index contributed by atoms with van der Waals surface area (Å²) >= 11 is 0. The van der Waals surface area contributed by atoms with Crippen LogP contribution in [0.15, 0.2) is 41.4 Å². The van der Waals surface area contributed by atoms with Gasteiger partial charge >= 0.3 is 0 Å². The molecule has 0 radical (unpaired) electrons. The molecule has 152 valence electrons. The zero-order chi connectivity index (χ0) is 20.5. The summed E-state index contributed by atoms with van der Waals surface area (Å²) in [7, 11) is -3.80. The molecule has 3 rings (SSSR count). The second-order valence-corrected chi connectivity index (χ2v) is 8.89. The van der Waals surface area contributed by atoms with Gasteiger partial charge in [0.05, 0.1) is 22.5 Å². The van der Waals surface area contributed by atoms with Crippen LogP contribution in [0, 0.1) is 5.92 Å². The second-order valence-electron chi connectivity index (χ2n) is 7.33. The Hall–Kier alpha value is -2.23. The number of nitrogens with two attached hydrogens (primary N) is 1. The number of nitrogens with zero attached hydrogens (tertiary/aromatic N) is 2. The Balaban J connectivity index is 1.76. The molecule has 3 N–H and O–H groups in total. The van der Waals surface area contributed by atoms with Crippen molar-refractivity contribution >= 4 is 15.9 Å². The molecular weight excluding hydrogens is 380 g/mol. The van der Waals surface area contributed by atoms with Crippen LogP contribution in [0.1, 0.15) is 56.6 Å². The lowest BCUT2D eigenvalue weighted by molar-refractivity contribution is -0.127. The van der Waals surface area contributed by atoms with Crippen LogP contribution < -0.4 is 10.5 Å². The fourth-order valence-corrected chi connectivity index (χ4v) is 4.06. The average molecular weight is 407 g/mol. The van der Waals surface area contributed by atoms with Crippen LogP contribution in [-0.4, -0.2) is 30.7 Å². The van der Waals surface area contributed by atoms with E-state index in [4.69, 9.17) is 9.88 Å². The minimum absolute atomic E-state index is 0.0222. The highest BCUT2D eigenvalue weighted by atomic mass is 32.2. The molecule has 0 aliphatic carbocycles. The molecule has 2 heterocycles. The molecule has 0 spiro atoms. The van der Waals surface area contributed by atoms with Crippen molar-refractivity contribution in [1.82, 2.24) is 15.1 Å². The average Bonchev–Trinajstić information content (AvgIpc) is 3.29. The van der Waals surface area contributed by atoms with Crippen LogP contribution >= 0.6 is 0 Å². The van der Waals surface area contributed by atoms with Gasteiger partial charge in [0.1, 0.15) is 6.10 Å². The van der Waals surface area contributed by atoms with E-state index in [1.807, 2.05) is 31.5 Å². The number of hydrogen-bond acceptors (Lipinski definition) is 5. The Kier molecular flexibility index (Phi) is 5.87. The van der Waals surface area contributed by atoms with E-state index in [9.17, 15) is 13.2 Å². The quantitative estimate of drug-likeness (QED) is 0.762. The molecule has 0 bridgehead atoms. The fraction of sp³-hybridized carbons (Fsp3) is 0.474. The monoisotopic (exact) mass is 406 g/mol. The summed E-state index contributed by atoms with van der Waals surface area (Å²) in [6.45, 7) is 6.37. The maximum atomic E-state index is 12.9. The molecule has 1 aromatic carbocycles. The van der Waals surface area contributed by atoms with E-state index in [0.29, 0.717) is 18.6 Å². The molecule has 28 heavy (non-hydrogen) atoms. The summed E-state index contributed by atoms with van der Waals surface area (Å²) < 4.78 is 30.9. The highest BCUT2D eigenvalue weighted by molar-refractivity contribution is 7.89. The molecule has 3 atom stereocenters. The number of rotatable bonds is 6. The SMILES string of the molecule is CC(NC(=O)[C@H]1CCO[C@@H]1c1ccnn1C(C)C)c1cccc(S(N)(=O)=O)c1. The Morgan fingerprint density at radius 2 is 2.07 bits per heavy atom. The number of hydrogen-bond donors (Lipinski definition) is 2. The molecule has 1 saturated heterocycles. The van der Waals surface area contributed by atoms with Gasteiger partial charge in [0.2, 0.25) is 15.9 Å². The van der Waals surface area contributed by atoms with Crippen molar-refractivity contribution in [2.45, 2.75) is 50.3 Å². The number of sulfonamides is 1. The van der Waals surface area contributed by atoms with E-state index < -0.39 is 10.0 Å². The predicted molar refractivity (Wildman–Crippen MR) is 104 cm³/mol. The van der Waals surface area contributed by atoms with Gasteiger partial charge in [-0.1, -0.05) is 12.1 Å². The fourth-order valence-electron chi connectivity index (χ4n) is 3.50. The summed E-state index contributed by atoms with van der Waals surface area (Å²) in [6, 6.07) is 7.97. The number of benzene rings is 1. The molecule has 1 aromatic heterocycles. The van der Waals surface area contributed by atoms with E-state index in [2.05, 4.69) is 10.4 Å². The van der Waals surface area contributed by atoms with Crippen molar-refractivity contribution in [3.8, 4) is 0 Å². The molecule has 9 heteroatoms. The molecule has 1 aliphatic heterocycles. The minimum atomic E-state index is -3.80. The molecule has 1 fully saturated rings. The zero-order valence-electron chi connectivity index (χ0n) is 16.2. The number of primary sulfonamides is 1. The summed E-state index contributed by atoms with van der Waals surface area (Å²) in [4.78, 5) is 13.0. The maximum Gasteiger partial charge on any atom is 0.238 e. The molecule has 1 unspecified atom stereocenters. The van der Waals surface area contributed by atoms with Gasteiger partial charge in [-0.05, 0) is 51.0 Å². The van der Waals surface area contributed by atoms with E-state index in [1.165, 1.54) is 12.1 Å². The van der Waals surface area contributed by atoms with E-state index >= 15 is 0 Å². The lowest BCUT2D eigenvalue weighted by Crippen LogP contribution is -2.34. The standard InChI is InChI=1S/C19H26N4O4S/c1-12(2)23-17(7-9-21-23)18-16(8-10-27-18)19(24)22-13(3)14-5-4-6-15(11-14)28(20,25)26/h4-7,9,11-13,16,18H,8,10H2,1-3H3,(H,22,24)(H2,20,25,26)/t13?,16-,18-/m0/s1. The van der Waals surface area contributed by atoms with Gasteiger partial charge < -0.3 is 10.1 Å². The van der Waals surface area contributed by atoms with Crippen LogP contribution in [0.4, 0.5) is 0 Å². The molecule has 1 amide bonds. The first-order valence-corrected chi connectivity index (χ1v) is 10.8. The van der Waals surface area contributed by atoms with Crippen LogP contribution in [0.2, 0.25) is 0 Å². The first-order valence-electron chi connectivity index (χ1n) is 9.26. The van der Waals surface area contributed by atoms with Crippen molar-refractivity contribution < 1.29 is 17.9 Å².